The standard InChI is InChI=1S/C11H8ClF3O3/c1-18-7-2-6(5-16)10(9(17)4-12)8(3-7)11(13,14)15/h2-3,5H,4H2,1H3. The van der Waals surface area contributed by atoms with Gasteiger partial charge in [-0.05, 0) is 12.1 Å². The van der Waals surface area contributed by atoms with E-state index in [9.17, 15) is 22.8 Å². The SMILES string of the molecule is COc1cc(C=O)c(C(=O)CCl)c(C(F)(F)F)c1. The average molecular weight is 281 g/mol. The van der Waals surface area contributed by atoms with Gasteiger partial charge in [0.1, 0.15) is 5.75 Å². The number of hydrogen-bond acceptors (Lipinski definition) is 3. The second kappa shape index (κ2) is 5.39. The van der Waals surface area contributed by atoms with E-state index < -0.39 is 34.5 Å². The van der Waals surface area contributed by atoms with Crippen LogP contribution in [0.1, 0.15) is 26.3 Å². The van der Waals surface area contributed by atoms with Crippen LogP contribution in [0, 0.1) is 0 Å². The highest BCUT2D eigenvalue weighted by Gasteiger charge is 2.37. The van der Waals surface area contributed by atoms with E-state index in [2.05, 4.69) is 4.74 Å². The molecule has 0 bridgehead atoms. The Balaban J connectivity index is 3.63. The first-order valence-electron chi connectivity index (χ1n) is 4.68. The fraction of sp³-hybridized carbons (Fsp3) is 0.273. The number of Topliss-reactive ketones (excluding diaryl/α,β-unsaturated/α-hetero) is 1. The molecule has 0 unspecified atom stereocenters. The van der Waals surface area contributed by atoms with Crippen LogP contribution in [0.2, 0.25) is 0 Å². The molecule has 3 nitrogen and oxygen atoms in total. The Kier molecular flexibility index (Phi) is 4.34. The molecule has 98 valence electrons. The monoisotopic (exact) mass is 280 g/mol. The number of aldehydes is 1. The van der Waals surface area contributed by atoms with Crippen molar-refractivity contribution in [1.82, 2.24) is 0 Å². The predicted octanol–water partition coefficient (Wildman–Crippen LogP) is 2.95. The highest BCUT2D eigenvalue weighted by atomic mass is 35.5. The molecule has 18 heavy (non-hydrogen) atoms. The van der Waals surface area contributed by atoms with Gasteiger partial charge >= 0.3 is 6.18 Å². The maximum atomic E-state index is 12.8. The van der Waals surface area contributed by atoms with Crippen LogP contribution in [0.5, 0.6) is 5.75 Å². The molecular weight excluding hydrogens is 273 g/mol. The van der Waals surface area contributed by atoms with Gasteiger partial charge in [-0.25, -0.2) is 0 Å². The number of alkyl halides is 4. The molecule has 0 heterocycles. The third kappa shape index (κ3) is 2.81. The van der Waals surface area contributed by atoms with Gasteiger partial charge in [0, 0.05) is 11.1 Å². The molecule has 0 aliphatic rings. The number of methoxy groups -OCH3 is 1. The lowest BCUT2D eigenvalue weighted by Gasteiger charge is -2.14. The van der Waals surface area contributed by atoms with Crippen molar-refractivity contribution < 1.29 is 27.5 Å². The summed E-state index contributed by atoms with van der Waals surface area (Å²) in [4.78, 5) is 22.2. The van der Waals surface area contributed by atoms with Crippen LogP contribution in [0.4, 0.5) is 13.2 Å². The Hall–Kier alpha value is -1.56. The highest BCUT2D eigenvalue weighted by molar-refractivity contribution is 6.31. The number of rotatable bonds is 4. The number of ether oxygens (including phenoxy) is 1. The Morgan fingerprint density at radius 1 is 1.44 bits per heavy atom. The van der Waals surface area contributed by atoms with Crippen molar-refractivity contribution >= 4 is 23.7 Å². The van der Waals surface area contributed by atoms with Crippen molar-refractivity contribution in [3.05, 3.63) is 28.8 Å². The number of benzene rings is 1. The van der Waals surface area contributed by atoms with Crippen molar-refractivity contribution in [3.8, 4) is 5.75 Å². The molecular formula is C11H8ClF3O3. The van der Waals surface area contributed by atoms with Crippen LogP contribution in [0.15, 0.2) is 12.1 Å². The second-order valence-corrected chi connectivity index (χ2v) is 3.58. The summed E-state index contributed by atoms with van der Waals surface area (Å²) >= 11 is 5.25. The second-order valence-electron chi connectivity index (χ2n) is 3.31. The van der Waals surface area contributed by atoms with Crippen LogP contribution >= 0.6 is 11.6 Å². The minimum Gasteiger partial charge on any atom is -0.497 e. The van der Waals surface area contributed by atoms with Gasteiger partial charge in [-0.15, -0.1) is 11.6 Å². The number of hydrogen-bond donors (Lipinski definition) is 0. The third-order valence-corrected chi connectivity index (χ3v) is 2.45. The van der Waals surface area contributed by atoms with Gasteiger partial charge in [0.2, 0.25) is 0 Å². The molecule has 0 saturated carbocycles. The van der Waals surface area contributed by atoms with E-state index in [1.165, 1.54) is 0 Å². The van der Waals surface area contributed by atoms with Crippen LogP contribution < -0.4 is 4.74 Å². The number of halogens is 4. The van der Waals surface area contributed by atoms with Crippen molar-refractivity contribution in [2.24, 2.45) is 0 Å². The van der Waals surface area contributed by atoms with Gasteiger partial charge in [-0.2, -0.15) is 13.2 Å². The lowest BCUT2D eigenvalue weighted by molar-refractivity contribution is -0.138. The molecule has 1 aromatic carbocycles. The minimum absolute atomic E-state index is 0.157. The first-order valence-corrected chi connectivity index (χ1v) is 5.22. The first kappa shape index (κ1) is 14.5. The summed E-state index contributed by atoms with van der Waals surface area (Å²) in [5.74, 6) is -1.76. The lowest BCUT2D eigenvalue weighted by Crippen LogP contribution is -2.16. The quantitative estimate of drug-likeness (QED) is 0.484. The Bertz CT molecular complexity index is 483. The number of ketones is 1. The van der Waals surface area contributed by atoms with E-state index in [0.717, 1.165) is 13.2 Å². The smallest absolute Gasteiger partial charge is 0.417 e. The molecule has 1 rings (SSSR count). The summed E-state index contributed by atoms with van der Waals surface area (Å²) in [6.45, 7) is 0. The van der Waals surface area contributed by atoms with Crippen LogP contribution in [-0.4, -0.2) is 25.1 Å². The molecule has 0 N–H and O–H groups in total. The molecule has 0 spiro atoms. The molecule has 0 aliphatic heterocycles. The van der Waals surface area contributed by atoms with E-state index in [4.69, 9.17) is 11.6 Å². The molecule has 0 fully saturated rings. The zero-order valence-corrected chi connectivity index (χ0v) is 9.93. The summed E-state index contributed by atoms with van der Waals surface area (Å²) < 4.78 is 43.1. The van der Waals surface area contributed by atoms with Gasteiger partial charge in [-0.1, -0.05) is 0 Å². The fourth-order valence-electron chi connectivity index (χ4n) is 1.45. The summed E-state index contributed by atoms with van der Waals surface area (Å²) in [5.41, 5.74) is -2.35. The van der Waals surface area contributed by atoms with Crippen LogP contribution in [0.3, 0.4) is 0 Å². The average Bonchev–Trinajstić information content (AvgIpc) is 2.34. The highest BCUT2D eigenvalue weighted by Crippen LogP contribution is 2.36. The van der Waals surface area contributed by atoms with Gasteiger partial charge < -0.3 is 4.74 Å². The van der Waals surface area contributed by atoms with E-state index in [1.54, 1.807) is 0 Å². The molecule has 7 heteroatoms. The first-order chi connectivity index (χ1) is 8.35. The topological polar surface area (TPSA) is 43.4 Å². The van der Waals surface area contributed by atoms with E-state index in [1.807, 2.05) is 0 Å². The molecule has 0 atom stereocenters. The fourth-order valence-corrected chi connectivity index (χ4v) is 1.58. The lowest BCUT2D eigenvalue weighted by atomic mass is 9.97. The maximum absolute atomic E-state index is 12.8. The van der Waals surface area contributed by atoms with Crippen molar-refractivity contribution in [2.45, 2.75) is 6.18 Å². The van der Waals surface area contributed by atoms with Gasteiger partial charge in [0.15, 0.2) is 12.1 Å². The maximum Gasteiger partial charge on any atom is 0.417 e. The predicted molar refractivity (Wildman–Crippen MR) is 58.4 cm³/mol. The summed E-state index contributed by atoms with van der Waals surface area (Å²) in [6, 6.07) is 1.72. The summed E-state index contributed by atoms with van der Waals surface area (Å²) in [6.07, 6.45) is -4.61. The van der Waals surface area contributed by atoms with Crippen molar-refractivity contribution in [2.75, 3.05) is 13.0 Å². The number of carbonyl (C=O) groups excluding carboxylic acids is 2. The molecule has 0 radical (unpaired) electrons. The molecule has 0 aliphatic carbocycles. The van der Waals surface area contributed by atoms with E-state index in [0.29, 0.717) is 6.07 Å². The van der Waals surface area contributed by atoms with E-state index in [-0.39, 0.29) is 12.0 Å². The van der Waals surface area contributed by atoms with Gasteiger partial charge in [-0.3, -0.25) is 9.59 Å². The normalized spacial score (nSPS) is 11.2. The molecule has 1 aromatic rings. The molecule has 0 amide bonds. The summed E-state index contributed by atoms with van der Waals surface area (Å²) in [5, 5.41) is 0. The van der Waals surface area contributed by atoms with Crippen molar-refractivity contribution in [1.29, 1.82) is 0 Å². The zero-order chi connectivity index (χ0) is 13.9. The molecule has 0 aromatic heterocycles. The van der Waals surface area contributed by atoms with Crippen LogP contribution in [0.25, 0.3) is 0 Å². The minimum atomic E-state index is -4.77. The van der Waals surface area contributed by atoms with Gasteiger partial charge in [0.05, 0.1) is 18.6 Å². The largest absolute Gasteiger partial charge is 0.497 e. The zero-order valence-electron chi connectivity index (χ0n) is 9.18. The summed E-state index contributed by atoms with van der Waals surface area (Å²) in [7, 11) is 1.16. The van der Waals surface area contributed by atoms with Crippen molar-refractivity contribution in [3.63, 3.8) is 0 Å². The Labute approximate surface area is 105 Å². The Morgan fingerprint density at radius 2 is 2.06 bits per heavy atom. The Morgan fingerprint density at radius 3 is 2.44 bits per heavy atom. The third-order valence-electron chi connectivity index (χ3n) is 2.21. The van der Waals surface area contributed by atoms with E-state index >= 15 is 0 Å². The van der Waals surface area contributed by atoms with Gasteiger partial charge in [0.25, 0.3) is 0 Å². The molecule has 0 saturated heterocycles. The number of carbonyl (C=O) groups is 2. The van der Waals surface area contributed by atoms with Crippen LogP contribution in [-0.2, 0) is 6.18 Å².